The Morgan fingerprint density at radius 2 is 1.60 bits per heavy atom. The fraction of sp³-hybridized carbons (Fsp3) is 0.206. The Morgan fingerprint density at radius 1 is 0.907 bits per heavy atom. The van der Waals surface area contributed by atoms with Crippen LogP contribution in [0.25, 0.3) is 11.0 Å². The third kappa shape index (κ3) is 6.51. The molecule has 0 bridgehead atoms. The molecule has 0 aliphatic heterocycles. The van der Waals surface area contributed by atoms with Crippen molar-refractivity contribution in [3.8, 4) is 6.07 Å². The van der Waals surface area contributed by atoms with E-state index in [4.69, 9.17) is 4.98 Å². The number of carbonyl (C=O) groups excluding carboxylic acids is 1. The predicted octanol–water partition coefficient (Wildman–Crippen LogP) is 5.70. The van der Waals surface area contributed by atoms with Crippen molar-refractivity contribution in [2.75, 3.05) is 13.1 Å². The summed E-state index contributed by atoms with van der Waals surface area (Å²) in [5, 5.41) is 12.4. The molecule has 43 heavy (non-hydrogen) atoms. The molecule has 4 aromatic carbocycles. The number of hydrogen-bond donors (Lipinski definition) is 1. The van der Waals surface area contributed by atoms with Gasteiger partial charge in [0.15, 0.2) is 0 Å². The molecule has 0 unspecified atom stereocenters. The molecule has 1 amide bonds. The monoisotopic (exact) mass is 591 g/mol. The number of nitrogens with zero attached hydrogens (tertiary/aromatic N) is 4. The van der Waals surface area contributed by atoms with Crippen LogP contribution in [-0.2, 0) is 23.0 Å². The Kier molecular flexibility index (Phi) is 9.00. The zero-order valence-electron chi connectivity index (χ0n) is 24.1. The van der Waals surface area contributed by atoms with Crippen molar-refractivity contribution in [1.29, 1.82) is 5.26 Å². The first-order chi connectivity index (χ1) is 20.8. The summed E-state index contributed by atoms with van der Waals surface area (Å²) < 4.78 is 29.8. The smallest absolute Gasteiger partial charge is 0.251 e. The van der Waals surface area contributed by atoms with Gasteiger partial charge in [-0.1, -0.05) is 74.5 Å². The average Bonchev–Trinajstić information content (AvgIpc) is 3.40. The van der Waals surface area contributed by atoms with Crippen molar-refractivity contribution in [2.24, 2.45) is 0 Å². The van der Waals surface area contributed by atoms with Crippen molar-refractivity contribution < 1.29 is 13.2 Å². The van der Waals surface area contributed by atoms with Gasteiger partial charge in [-0.3, -0.25) is 4.79 Å². The first-order valence-electron chi connectivity index (χ1n) is 14.2. The second-order valence-electron chi connectivity index (χ2n) is 10.2. The van der Waals surface area contributed by atoms with Crippen molar-refractivity contribution >= 4 is 27.0 Å². The fourth-order valence-electron chi connectivity index (χ4n) is 5.20. The van der Waals surface area contributed by atoms with E-state index in [1.165, 1.54) is 16.4 Å². The summed E-state index contributed by atoms with van der Waals surface area (Å²) in [6.45, 7) is 4.74. The van der Waals surface area contributed by atoms with E-state index in [2.05, 4.69) is 16.0 Å². The molecule has 0 saturated heterocycles. The van der Waals surface area contributed by atoms with Gasteiger partial charge in [0.2, 0.25) is 10.0 Å². The van der Waals surface area contributed by atoms with Crippen LogP contribution in [0.4, 0.5) is 0 Å². The van der Waals surface area contributed by atoms with Gasteiger partial charge in [0.05, 0.1) is 33.6 Å². The number of carbonyl (C=O) groups is 1. The van der Waals surface area contributed by atoms with Gasteiger partial charge in [-0.15, -0.1) is 0 Å². The summed E-state index contributed by atoms with van der Waals surface area (Å²) in [7, 11) is -3.73. The molecule has 8 nitrogen and oxygen atoms in total. The van der Waals surface area contributed by atoms with Crippen molar-refractivity contribution in [3.63, 3.8) is 0 Å². The Bertz CT molecular complexity index is 1870. The number of para-hydroxylation sites is 2. The van der Waals surface area contributed by atoms with Gasteiger partial charge < -0.3 is 9.88 Å². The van der Waals surface area contributed by atoms with E-state index in [9.17, 15) is 18.5 Å². The number of sulfonamides is 1. The summed E-state index contributed by atoms with van der Waals surface area (Å²) in [5.41, 5.74) is 4.55. The van der Waals surface area contributed by atoms with E-state index in [1.807, 2.05) is 66.7 Å². The second-order valence-corrected chi connectivity index (χ2v) is 12.1. The summed E-state index contributed by atoms with van der Waals surface area (Å²) in [4.78, 5) is 18.8. The van der Waals surface area contributed by atoms with Crippen LogP contribution in [0, 0.1) is 11.3 Å². The van der Waals surface area contributed by atoms with Gasteiger partial charge in [0.25, 0.3) is 5.91 Å². The van der Waals surface area contributed by atoms with Crippen LogP contribution in [-0.4, -0.2) is 41.3 Å². The fourth-order valence-corrected chi connectivity index (χ4v) is 6.71. The van der Waals surface area contributed by atoms with Crippen LogP contribution in [0.15, 0.2) is 108 Å². The summed E-state index contributed by atoms with van der Waals surface area (Å²) in [6, 6.07) is 32.9. The van der Waals surface area contributed by atoms with Gasteiger partial charge in [0, 0.05) is 25.2 Å². The molecule has 0 aliphatic carbocycles. The number of benzene rings is 4. The molecule has 0 fully saturated rings. The lowest BCUT2D eigenvalue weighted by Crippen LogP contribution is -2.33. The minimum absolute atomic E-state index is 0.0801. The first kappa shape index (κ1) is 29.7. The van der Waals surface area contributed by atoms with E-state index < -0.39 is 22.0 Å². The summed E-state index contributed by atoms with van der Waals surface area (Å²) >= 11 is 0. The number of amides is 1. The standard InChI is InChI=1S/C34H33N5O3S/c1-3-38(4-2)43(41,42)29-14-10-13-28(22-29)34(40)37-31(21-25-11-6-5-7-12-25)33-36-30-15-8-9-16-32(30)39(33)24-27-19-17-26(23-35)18-20-27/h5-20,22,31H,3-4,21,24H2,1-2H3,(H,37,40)/t31-/m1/s1. The molecule has 1 aromatic heterocycles. The molecule has 0 spiro atoms. The largest absolute Gasteiger partial charge is 0.342 e. The molecule has 218 valence electrons. The molecular formula is C34H33N5O3S. The van der Waals surface area contributed by atoms with Gasteiger partial charge in [-0.05, 0) is 60.0 Å². The summed E-state index contributed by atoms with van der Waals surface area (Å²) in [6.07, 6.45) is 0.473. The molecule has 5 rings (SSSR count). The molecular weight excluding hydrogens is 558 g/mol. The van der Waals surface area contributed by atoms with E-state index >= 15 is 0 Å². The highest BCUT2D eigenvalue weighted by Gasteiger charge is 2.26. The zero-order chi connectivity index (χ0) is 30.4. The highest BCUT2D eigenvalue weighted by Crippen LogP contribution is 2.26. The molecule has 0 radical (unpaired) electrons. The third-order valence-electron chi connectivity index (χ3n) is 7.45. The first-order valence-corrected chi connectivity index (χ1v) is 15.7. The predicted molar refractivity (Wildman–Crippen MR) is 167 cm³/mol. The van der Waals surface area contributed by atoms with Gasteiger partial charge in [-0.2, -0.15) is 9.57 Å². The number of imidazole rings is 1. The average molecular weight is 592 g/mol. The maximum absolute atomic E-state index is 13.8. The molecule has 0 saturated carbocycles. The van der Waals surface area contributed by atoms with Gasteiger partial charge in [0.1, 0.15) is 5.82 Å². The molecule has 5 aromatic rings. The van der Waals surface area contributed by atoms with Crippen LogP contribution in [0.2, 0.25) is 0 Å². The highest BCUT2D eigenvalue weighted by atomic mass is 32.2. The lowest BCUT2D eigenvalue weighted by atomic mass is 10.0. The van der Waals surface area contributed by atoms with E-state index in [0.717, 1.165) is 22.2 Å². The lowest BCUT2D eigenvalue weighted by molar-refractivity contribution is 0.0934. The van der Waals surface area contributed by atoms with Crippen LogP contribution >= 0.6 is 0 Å². The van der Waals surface area contributed by atoms with Crippen LogP contribution in [0.3, 0.4) is 0 Å². The number of hydrogen-bond acceptors (Lipinski definition) is 5. The minimum Gasteiger partial charge on any atom is -0.342 e. The van der Waals surface area contributed by atoms with E-state index in [0.29, 0.717) is 37.4 Å². The maximum atomic E-state index is 13.8. The number of aromatic nitrogens is 2. The Morgan fingerprint density at radius 3 is 2.30 bits per heavy atom. The SMILES string of the molecule is CCN(CC)S(=O)(=O)c1cccc(C(=O)N[C@H](Cc2ccccc2)c2nc3ccccc3n2Cc2ccc(C#N)cc2)c1. The van der Waals surface area contributed by atoms with Gasteiger partial charge in [-0.25, -0.2) is 13.4 Å². The zero-order valence-corrected chi connectivity index (χ0v) is 25.0. The van der Waals surface area contributed by atoms with Gasteiger partial charge >= 0.3 is 0 Å². The number of nitriles is 1. The van der Waals surface area contributed by atoms with Crippen LogP contribution in [0.1, 0.15) is 52.8 Å². The molecule has 1 atom stereocenters. The van der Waals surface area contributed by atoms with Crippen molar-refractivity contribution in [1.82, 2.24) is 19.2 Å². The van der Waals surface area contributed by atoms with Crippen molar-refractivity contribution in [3.05, 3.63) is 131 Å². The third-order valence-corrected chi connectivity index (χ3v) is 9.49. The Labute approximate surface area is 252 Å². The summed E-state index contributed by atoms with van der Waals surface area (Å²) in [5.74, 6) is 0.282. The molecule has 1 N–H and O–H groups in total. The topological polar surface area (TPSA) is 108 Å². The molecule has 9 heteroatoms. The van der Waals surface area contributed by atoms with Crippen LogP contribution < -0.4 is 5.32 Å². The molecule has 1 heterocycles. The Balaban J connectivity index is 1.55. The highest BCUT2D eigenvalue weighted by molar-refractivity contribution is 7.89. The number of fused-ring (bicyclic) bond motifs is 1. The number of rotatable bonds is 11. The minimum atomic E-state index is -3.73. The quantitative estimate of drug-likeness (QED) is 0.212. The second kappa shape index (κ2) is 13.0. The van der Waals surface area contributed by atoms with Crippen LogP contribution in [0.5, 0.6) is 0 Å². The lowest BCUT2D eigenvalue weighted by Gasteiger charge is -2.21. The normalized spacial score (nSPS) is 12.2. The molecule has 0 aliphatic rings. The maximum Gasteiger partial charge on any atom is 0.251 e. The van der Waals surface area contributed by atoms with E-state index in [-0.39, 0.29) is 10.5 Å². The van der Waals surface area contributed by atoms with Crippen molar-refractivity contribution in [2.45, 2.75) is 37.8 Å². The Hall–Kier alpha value is -4.78. The van der Waals surface area contributed by atoms with E-state index in [1.54, 1.807) is 38.1 Å². The number of nitrogens with one attached hydrogen (secondary N) is 1.